The molecule has 0 saturated heterocycles. The summed E-state index contributed by atoms with van der Waals surface area (Å²) in [6.07, 6.45) is 2.33. The van der Waals surface area contributed by atoms with E-state index in [2.05, 4.69) is 5.32 Å². The van der Waals surface area contributed by atoms with Gasteiger partial charge in [-0.15, -0.1) is 0 Å². The minimum absolute atomic E-state index is 0.0206. The maximum absolute atomic E-state index is 12.9. The van der Waals surface area contributed by atoms with Crippen LogP contribution in [0.3, 0.4) is 0 Å². The molecule has 0 spiro atoms. The molecule has 32 heavy (non-hydrogen) atoms. The van der Waals surface area contributed by atoms with Gasteiger partial charge in [-0.2, -0.15) is 0 Å². The number of carbonyl (C=O) groups is 2. The van der Waals surface area contributed by atoms with Crippen LogP contribution in [0.1, 0.15) is 38.7 Å². The Hall–Kier alpha value is -2.87. The summed E-state index contributed by atoms with van der Waals surface area (Å²) in [7, 11) is -3.64. The van der Waals surface area contributed by atoms with Gasteiger partial charge in [0.2, 0.25) is 11.8 Å². The molecule has 1 aliphatic carbocycles. The van der Waals surface area contributed by atoms with Gasteiger partial charge in [0, 0.05) is 24.1 Å². The van der Waals surface area contributed by atoms with Gasteiger partial charge in [-0.25, -0.2) is 8.42 Å². The van der Waals surface area contributed by atoms with Crippen molar-refractivity contribution in [2.45, 2.75) is 50.5 Å². The fraction of sp³-hybridized carbons (Fsp3) is 0.417. The smallest absolute Gasteiger partial charge is 0.230 e. The van der Waals surface area contributed by atoms with Crippen molar-refractivity contribution in [3.05, 3.63) is 48.0 Å². The van der Waals surface area contributed by atoms with Gasteiger partial charge in [-0.3, -0.25) is 9.59 Å². The average Bonchev–Trinajstić information content (AvgIpc) is 3.55. The summed E-state index contributed by atoms with van der Waals surface area (Å²) >= 11 is 0. The van der Waals surface area contributed by atoms with Crippen molar-refractivity contribution < 1.29 is 22.7 Å². The largest absolute Gasteiger partial charge is 0.492 e. The highest BCUT2D eigenvalue weighted by atomic mass is 32.2. The van der Waals surface area contributed by atoms with E-state index in [1.165, 1.54) is 0 Å². The second-order valence-electron chi connectivity index (χ2n) is 8.37. The number of para-hydroxylation sites is 2. The Morgan fingerprint density at radius 3 is 2.62 bits per heavy atom. The topological polar surface area (TPSA) is 92.8 Å². The normalized spacial score (nSPS) is 17.7. The molecule has 0 radical (unpaired) electrons. The van der Waals surface area contributed by atoms with Gasteiger partial charge in [0.1, 0.15) is 5.75 Å². The number of benzene rings is 2. The van der Waals surface area contributed by atoms with Crippen LogP contribution in [-0.2, 0) is 25.8 Å². The number of nitrogens with one attached hydrogen (secondary N) is 1. The number of carbonyl (C=O) groups excluding carboxylic acids is 2. The summed E-state index contributed by atoms with van der Waals surface area (Å²) in [4.78, 5) is 27.0. The first-order valence-corrected chi connectivity index (χ1v) is 12.7. The number of rotatable bonds is 8. The van der Waals surface area contributed by atoms with Crippen LogP contribution >= 0.6 is 0 Å². The highest BCUT2D eigenvalue weighted by Crippen LogP contribution is 2.39. The average molecular weight is 457 g/mol. The molecule has 1 atom stereocenters. The second-order valence-corrected chi connectivity index (χ2v) is 10.5. The lowest BCUT2D eigenvalue weighted by molar-refractivity contribution is -0.120. The zero-order valence-electron chi connectivity index (χ0n) is 18.3. The molecule has 2 amide bonds. The van der Waals surface area contributed by atoms with Crippen molar-refractivity contribution >= 4 is 33.0 Å². The molecule has 2 aromatic carbocycles. The van der Waals surface area contributed by atoms with E-state index in [0.717, 1.165) is 24.1 Å². The Balaban J connectivity index is 1.43. The van der Waals surface area contributed by atoms with E-state index in [9.17, 15) is 18.0 Å². The van der Waals surface area contributed by atoms with Crippen LogP contribution in [0.25, 0.3) is 0 Å². The summed E-state index contributed by atoms with van der Waals surface area (Å²) in [5, 5.41) is 2.73. The number of hydrogen-bond acceptors (Lipinski definition) is 5. The van der Waals surface area contributed by atoms with Crippen LogP contribution in [0.5, 0.6) is 5.75 Å². The highest BCUT2D eigenvalue weighted by Gasteiger charge is 2.39. The van der Waals surface area contributed by atoms with E-state index in [-0.39, 0.29) is 34.9 Å². The summed E-state index contributed by atoms with van der Waals surface area (Å²) in [5.74, 6) is 0.101. The summed E-state index contributed by atoms with van der Waals surface area (Å²) in [6.45, 7) is 4.30. The molecule has 7 nitrogen and oxygen atoms in total. The van der Waals surface area contributed by atoms with Gasteiger partial charge < -0.3 is 15.0 Å². The van der Waals surface area contributed by atoms with Crippen LogP contribution in [0.4, 0.5) is 11.4 Å². The van der Waals surface area contributed by atoms with Crippen molar-refractivity contribution in [3.8, 4) is 5.75 Å². The zero-order valence-corrected chi connectivity index (χ0v) is 19.2. The third-order valence-electron chi connectivity index (χ3n) is 5.85. The molecule has 2 aromatic rings. The van der Waals surface area contributed by atoms with Gasteiger partial charge in [-0.1, -0.05) is 12.1 Å². The predicted octanol–water partition coefficient (Wildman–Crippen LogP) is 3.58. The van der Waals surface area contributed by atoms with Crippen molar-refractivity contribution in [2.24, 2.45) is 5.92 Å². The summed E-state index contributed by atoms with van der Waals surface area (Å²) in [6, 6.07) is 12.0. The molecule has 1 saturated carbocycles. The maximum Gasteiger partial charge on any atom is 0.230 e. The van der Waals surface area contributed by atoms with E-state index in [1.807, 2.05) is 18.7 Å². The Morgan fingerprint density at radius 2 is 1.91 bits per heavy atom. The number of nitrogens with zero attached hydrogens (tertiary/aromatic N) is 1. The molecular weight excluding hydrogens is 428 g/mol. The van der Waals surface area contributed by atoms with Crippen molar-refractivity contribution in [3.63, 3.8) is 0 Å². The Kier molecular flexibility index (Phi) is 6.24. The molecule has 4 rings (SSSR count). The number of fused-ring (bicyclic) bond motifs is 1. The predicted molar refractivity (Wildman–Crippen MR) is 123 cm³/mol. The first-order chi connectivity index (χ1) is 15.3. The van der Waals surface area contributed by atoms with E-state index < -0.39 is 15.7 Å². The summed E-state index contributed by atoms with van der Waals surface area (Å²) in [5.41, 5.74) is 2.19. The second kappa shape index (κ2) is 8.94. The van der Waals surface area contributed by atoms with Gasteiger partial charge in [0.05, 0.1) is 22.9 Å². The minimum Gasteiger partial charge on any atom is -0.492 e. The molecule has 1 heterocycles. The highest BCUT2D eigenvalue weighted by molar-refractivity contribution is 7.91. The monoisotopic (exact) mass is 456 g/mol. The Bertz CT molecular complexity index is 1140. The minimum atomic E-state index is -3.64. The Morgan fingerprint density at radius 1 is 1.16 bits per heavy atom. The number of ether oxygens (including phenoxy) is 1. The molecule has 1 unspecified atom stereocenters. The molecule has 1 fully saturated rings. The molecular formula is C24H28N2O5S. The van der Waals surface area contributed by atoms with E-state index >= 15 is 0 Å². The quantitative estimate of drug-likeness (QED) is 0.656. The lowest BCUT2D eigenvalue weighted by Gasteiger charge is -2.22. The first-order valence-electron chi connectivity index (χ1n) is 11.0. The van der Waals surface area contributed by atoms with Crippen molar-refractivity contribution in [1.29, 1.82) is 0 Å². The van der Waals surface area contributed by atoms with Crippen LogP contribution < -0.4 is 15.0 Å². The molecule has 2 aliphatic rings. The first kappa shape index (κ1) is 22.3. The SMILES string of the molecule is CCOc1ccccc1NC(=O)CCS(=O)(=O)c1ccc2c(c1)CC(C)N2C(=O)C1CC1. The van der Waals surface area contributed by atoms with E-state index in [4.69, 9.17) is 4.74 Å². The number of anilines is 2. The van der Waals surface area contributed by atoms with Gasteiger partial charge in [0.15, 0.2) is 9.84 Å². The van der Waals surface area contributed by atoms with Crippen molar-refractivity contribution in [1.82, 2.24) is 0 Å². The van der Waals surface area contributed by atoms with Crippen LogP contribution in [-0.4, -0.2) is 38.6 Å². The molecule has 1 N–H and O–H groups in total. The maximum atomic E-state index is 12.9. The number of hydrogen-bond donors (Lipinski definition) is 1. The molecule has 1 aliphatic heterocycles. The third kappa shape index (κ3) is 4.65. The lowest BCUT2D eigenvalue weighted by Crippen LogP contribution is -2.36. The zero-order chi connectivity index (χ0) is 22.9. The van der Waals surface area contributed by atoms with Gasteiger partial charge >= 0.3 is 0 Å². The van der Waals surface area contributed by atoms with Crippen LogP contribution in [0.15, 0.2) is 47.4 Å². The third-order valence-corrected chi connectivity index (χ3v) is 7.56. The lowest BCUT2D eigenvalue weighted by atomic mass is 10.1. The number of sulfone groups is 1. The summed E-state index contributed by atoms with van der Waals surface area (Å²) < 4.78 is 31.3. The Labute approximate surface area is 188 Å². The van der Waals surface area contributed by atoms with Crippen LogP contribution in [0.2, 0.25) is 0 Å². The molecule has 0 bridgehead atoms. The fourth-order valence-corrected chi connectivity index (χ4v) is 5.36. The van der Waals surface area contributed by atoms with Gasteiger partial charge in [0.25, 0.3) is 0 Å². The number of amides is 2. The standard InChI is InChI=1S/C24H28N2O5S/c1-3-31-22-7-5-4-6-20(22)25-23(27)12-13-32(29,30)19-10-11-21-18(15-19)14-16(2)26(21)24(28)17-8-9-17/h4-7,10-11,15-17H,3,8-9,12-14H2,1-2H3,(H,25,27). The molecule has 8 heteroatoms. The molecule has 0 aromatic heterocycles. The molecule has 170 valence electrons. The van der Waals surface area contributed by atoms with E-state index in [1.54, 1.807) is 42.5 Å². The van der Waals surface area contributed by atoms with Gasteiger partial charge in [-0.05, 0) is 69.0 Å². The fourth-order valence-electron chi connectivity index (χ4n) is 4.07. The van der Waals surface area contributed by atoms with Crippen LogP contribution in [0, 0.1) is 5.92 Å². The van der Waals surface area contributed by atoms with Crippen molar-refractivity contribution in [2.75, 3.05) is 22.6 Å². The van der Waals surface area contributed by atoms with E-state index in [0.29, 0.717) is 24.5 Å².